The maximum Gasteiger partial charge on any atom is 0.340 e. The van der Waals surface area contributed by atoms with E-state index in [0.717, 1.165) is 65.3 Å². The lowest BCUT2D eigenvalue weighted by Crippen LogP contribution is -2.41. The van der Waals surface area contributed by atoms with Gasteiger partial charge in [-0.1, -0.05) is 55.3 Å². The molecule has 1 aliphatic carbocycles. The van der Waals surface area contributed by atoms with E-state index < -0.39 is 17.7 Å². The van der Waals surface area contributed by atoms with Crippen LogP contribution >= 0.6 is 0 Å². The van der Waals surface area contributed by atoms with Gasteiger partial charge in [-0.05, 0) is 103 Å². The number of piperidine rings is 1. The molecule has 3 aromatic rings. The minimum Gasteiger partial charge on any atom is -0.461 e. The van der Waals surface area contributed by atoms with Crippen molar-refractivity contribution in [2.75, 3.05) is 18.0 Å². The number of benzene rings is 2. The van der Waals surface area contributed by atoms with Gasteiger partial charge in [0.05, 0.1) is 17.4 Å². The molecule has 0 bridgehead atoms. The van der Waals surface area contributed by atoms with Gasteiger partial charge in [0, 0.05) is 47.7 Å². The van der Waals surface area contributed by atoms with Crippen LogP contribution in [0.25, 0.3) is 11.1 Å². The fraction of sp³-hybridized carbons (Fsp3) is 0.513. The summed E-state index contributed by atoms with van der Waals surface area (Å²) in [4.78, 5) is 34.3. The first-order valence-electron chi connectivity index (χ1n) is 16.9. The number of hydrogen-bond donors (Lipinski definition) is 1. The Kier molecular flexibility index (Phi) is 10.2. The summed E-state index contributed by atoms with van der Waals surface area (Å²) in [5, 5.41) is 3.03. The summed E-state index contributed by atoms with van der Waals surface area (Å²) in [6, 6.07) is 17.6. The van der Waals surface area contributed by atoms with Crippen LogP contribution < -0.4 is 10.2 Å². The third-order valence-electron chi connectivity index (χ3n) is 9.41. The maximum atomic E-state index is 13.8. The predicted molar refractivity (Wildman–Crippen MR) is 184 cm³/mol. The zero-order chi connectivity index (χ0) is 33.1. The average molecular weight is 626 g/mol. The second-order valence-electron chi connectivity index (χ2n) is 14.5. The summed E-state index contributed by atoms with van der Waals surface area (Å²) in [6.45, 7) is 15.9. The van der Waals surface area contributed by atoms with Crippen molar-refractivity contribution >= 4 is 17.6 Å². The first kappa shape index (κ1) is 33.6. The van der Waals surface area contributed by atoms with Crippen molar-refractivity contribution in [3.8, 4) is 11.1 Å². The van der Waals surface area contributed by atoms with Crippen LogP contribution in [-0.4, -0.2) is 41.7 Å². The van der Waals surface area contributed by atoms with Crippen molar-refractivity contribution < 1.29 is 19.1 Å². The largest absolute Gasteiger partial charge is 0.461 e. The van der Waals surface area contributed by atoms with Crippen LogP contribution in [0.2, 0.25) is 0 Å². The molecule has 1 saturated carbocycles. The molecule has 1 saturated heterocycles. The van der Waals surface area contributed by atoms with E-state index in [0.29, 0.717) is 17.5 Å². The van der Waals surface area contributed by atoms with E-state index in [1.165, 1.54) is 25.7 Å². The van der Waals surface area contributed by atoms with E-state index >= 15 is 0 Å². The molecule has 1 aliphatic heterocycles. The lowest BCUT2D eigenvalue weighted by molar-refractivity contribution is -0.171. The standard InChI is InChI=1S/C39H51N3O4/c1-26(2)45-37(44)35(46-38(5,6)7)33-28(4)41-27(3)32(34(33)42-23-21-39(22-24-42)19-11-12-20-39)30-15-17-31(18-16-30)36(43)40-25-29-13-9-8-10-14-29/h8-10,13-18,26,35H,11-12,19-25H2,1-7H3,(H,40,43). The lowest BCUT2D eigenvalue weighted by atomic mass is 9.76. The summed E-state index contributed by atoms with van der Waals surface area (Å²) >= 11 is 0. The molecule has 1 spiro atoms. The highest BCUT2D eigenvalue weighted by Crippen LogP contribution is 2.49. The quantitative estimate of drug-likeness (QED) is 0.241. The number of aryl methyl sites for hydroxylation is 2. The highest BCUT2D eigenvalue weighted by Gasteiger charge is 2.40. The van der Waals surface area contributed by atoms with Gasteiger partial charge in [-0.3, -0.25) is 9.78 Å². The molecule has 7 heteroatoms. The van der Waals surface area contributed by atoms with Gasteiger partial charge in [0.25, 0.3) is 5.91 Å². The summed E-state index contributed by atoms with van der Waals surface area (Å²) < 4.78 is 12.3. The molecule has 1 amide bonds. The number of carbonyl (C=O) groups excluding carboxylic acids is 2. The number of carbonyl (C=O) groups is 2. The number of aromatic nitrogens is 1. The molecular formula is C39H51N3O4. The van der Waals surface area contributed by atoms with Gasteiger partial charge >= 0.3 is 5.97 Å². The number of ether oxygens (including phenoxy) is 2. The average Bonchev–Trinajstić information content (AvgIpc) is 3.46. The fourth-order valence-electron chi connectivity index (χ4n) is 7.20. The van der Waals surface area contributed by atoms with E-state index in [2.05, 4.69) is 10.2 Å². The highest BCUT2D eigenvalue weighted by molar-refractivity contribution is 5.95. The van der Waals surface area contributed by atoms with Crippen LogP contribution in [0.4, 0.5) is 5.69 Å². The molecule has 2 aliphatic rings. The van der Waals surface area contributed by atoms with Crippen LogP contribution in [-0.2, 0) is 20.8 Å². The minimum atomic E-state index is -0.936. The van der Waals surface area contributed by atoms with Crippen molar-refractivity contribution in [1.82, 2.24) is 10.3 Å². The van der Waals surface area contributed by atoms with E-state index in [1.807, 2.05) is 103 Å². The second kappa shape index (κ2) is 14.0. The Morgan fingerprint density at radius 1 is 0.913 bits per heavy atom. The predicted octanol–water partition coefficient (Wildman–Crippen LogP) is 8.26. The van der Waals surface area contributed by atoms with E-state index in [-0.39, 0.29) is 12.0 Å². The molecule has 2 aromatic carbocycles. The van der Waals surface area contributed by atoms with Crippen molar-refractivity contribution in [1.29, 1.82) is 0 Å². The molecule has 1 aromatic heterocycles. The summed E-state index contributed by atoms with van der Waals surface area (Å²) in [5.74, 6) is -0.524. The molecule has 2 heterocycles. The van der Waals surface area contributed by atoms with Crippen LogP contribution in [0, 0.1) is 19.3 Å². The van der Waals surface area contributed by atoms with Gasteiger partial charge in [-0.2, -0.15) is 0 Å². The van der Waals surface area contributed by atoms with Gasteiger partial charge in [-0.25, -0.2) is 4.79 Å². The number of rotatable bonds is 9. The Morgan fingerprint density at radius 3 is 2.13 bits per heavy atom. The first-order valence-corrected chi connectivity index (χ1v) is 16.9. The maximum absolute atomic E-state index is 13.8. The van der Waals surface area contributed by atoms with Gasteiger partial charge < -0.3 is 19.7 Å². The molecule has 5 rings (SSSR count). The Balaban J connectivity index is 1.56. The van der Waals surface area contributed by atoms with Crippen molar-refractivity contribution in [3.05, 3.63) is 82.7 Å². The van der Waals surface area contributed by atoms with Crippen molar-refractivity contribution in [2.24, 2.45) is 5.41 Å². The molecule has 1 unspecified atom stereocenters. The Hall–Kier alpha value is -3.71. The Labute approximate surface area is 275 Å². The van der Waals surface area contributed by atoms with Gasteiger partial charge in [0.2, 0.25) is 0 Å². The van der Waals surface area contributed by atoms with E-state index in [9.17, 15) is 9.59 Å². The van der Waals surface area contributed by atoms with Gasteiger partial charge in [0.15, 0.2) is 6.10 Å². The first-order chi connectivity index (χ1) is 21.9. The number of anilines is 1. The lowest BCUT2D eigenvalue weighted by Gasteiger charge is -2.43. The number of nitrogens with one attached hydrogen (secondary N) is 1. The summed E-state index contributed by atoms with van der Waals surface area (Å²) in [5.41, 5.74) is 6.81. The smallest absolute Gasteiger partial charge is 0.340 e. The number of nitrogens with zero attached hydrogens (tertiary/aromatic N) is 2. The third-order valence-corrected chi connectivity index (χ3v) is 9.41. The minimum absolute atomic E-state index is 0.122. The van der Waals surface area contributed by atoms with Crippen molar-refractivity contribution in [2.45, 2.75) is 111 Å². The highest BCUT2D eigenvalue weighted by atomic mass is 16.6. The van der Waals surface area contributed by atoms with Crippen LogP contribution in [0.5, 0.6) is 0 Å². The number of esters is 1. The SMILES string of the molecule is Cc1nc(C)c(C(OC(C)(C)C)C(=O)OC(C)C)c(N2CCC3(CCCC3)CC2)c1-c1ccc(C(=O)NCc2ccccc2)cc1. The molecule has 2 fully saturated rings. The number of hydrogen-bond acceptors (Lipinski definition) is 6. The molecule has 1 N–H and O–H groups in total. The van der Waals surface area contributed by atoms with E-state index in [4.69, 9.17) is 14.5 Å². The van der Waals surface area contributed by atoms with Gasteiger partial charge in [0.1, 0.15) is 0 Å². The number of pyridine rings is 1. The van der Waals surface area contributed by atoms with Crippen LogP contribution in [0.1, 0.15) is 112 Å². The Bertz CT molecular complexity index is 1510. The number of amides is 1. The summed E-state index contributed by atoms with van der Waals surface area (Å²) in [6.07, 6.45) is 6.29. The van der Waals surface area contributed by atoms with Crippen LogP contribution in [0.15, 0.2) is 54.6 Å². The van der Waals surface area contributed by atoms with E-state index in [1.54, 1.807) is 0 Å². The second-order valence-corrected chi connectivity index (χ2v) is 14.5. The van der Waals surface area contributed by atoms with Crippen molar-refractivity contribution in [3.63, 3.8) is 0 Å². The molecule has 7 nitrogen and oxygen atoms in total. The zero-order valence-electron chi connectivity index (χ0n) is 28.7. The third kappa shape index (κ3) is 7.80. The summed E-state index contributed by atoms with van der Waals surface area (Å²) in [7, 11) is 0. The van der Waals surface area contributed by atoms with Gasteiger partial charge in [-0.15, -0.1) is 0 Å². The zero-order valence-corrected chi connectivity index (χ0v) is 28.7. The topological polar surface area (TPSA) is 80.8 Å². The molecule has 246 valence electrons. The van der Waals surface area contributed by atoms with Crippen LogP contribution in [0.3, 0.4) is 0 Å². The normalized spacial score (nSPS) is 16.9. The monoisotopic (exact) mass is 625 g/mol. The Morgan fingerprint density at radius 2 is 1.54 bits per heavy atom. The molecule has 46 heavy (non-hydrogen) atoms. The fourth-order valence-corrected chi connectivity index (χ4v) is 7.20. The molecule has 1 atom stereocenters. The molecule has 0 radical (unpaired) electrons. The molecular weight excluding hydrogens is 574 g/mol.